The first kappa shape index (κ1) is 25.6. The lowest BCUT2D eigenvalue weighted by Crippen LogP contribution is -2.42. The number of carbonyl (C=O) groups is 3. The molecular formula is C24H38N4O4. The highest BCUT2D eigenvalue weighted by molar-refractivity contribution is 6.04. The van der Waals surface area contributed by atoms with Gasteiger partial charge in [-0.15, -0.1) is 0 Å². The molecule has 0 aliphatic carbocycles. The Morgan fingerprint density at radius 1 is 1.09 bits per heavy atom. The van der Waals surface area contributed by atoms with Crippen LogP contribution in [0.4, 0.5) is 10.5 Å². The summed E-state index contributed by atoms with van der Waals surface area (Å²) >= 11 is 0. The minimum Gasteiger partial charge on any atom is -0.444 e. The Kier molecular flexibility index (Phi) is 9.50. The van der Waals surface area contributed by atoms with Gasteiger partial charge in [0.25, 0.3) is 5.91 Å². The average Bonchev–Trinajstić information content (AvgIpc) is 2.70. The lowest BCUT2D eigenvalue weighted by atomic mass is 9.97. The fraction of sp³-hybridized carbons (Fsp3) is 0.625. The van der Waals surface area contributed by atoms with Gasteiger partial charge in [0.05, 0.1) is 17.8 Å². The summed E-state index contributed by atoms with van der Waals surface area (Å²) in [5.74, 6) is 0.391. The van der Waals surface area contributed by atoms with Crippen molar-refractivity contribution in [3.05, 3.63) is 29.8 Å². The normalized spacial score (nSPS) is 15.3. The summed E-state index contributed by atoms with van der Waals surface area (Å²) in [6.45, 7) is 12.6. The second kappa shape index (κ2) is 11.9. The first-order valence-electron chi connectivity index (χ1n) is 11.4. The van der Waals surface area contributed by atoms with Crippen molar-refractivity contribution in [1.29, 1.82) is 0 Å². The molecule has 3 N–H and O–H groups in total. The number of piperidine rings is 1. The zero-order valence-electron chi connectivity index (χ0n) is 20.0. The van der Waals surface area contributed by atoms with Gasteiger partial charge in [0.2, 0.25) is 5.91 Å². The van der Waals surface area contributed by atoms with Crippen LogP contribution < -0.4 is 16.0 Å². The molecule has 0 unspecified atom stereocenters. The molecule has 1 aliphatic rings. The lowest BCUT2D eigenvalue weighted by Gasteiger charge is -2.31. The number of benzene rings is 1. The molecule has 0 spiro atoms. The van der Waals surface area contributed by atoms with E-state index in [4.69, 9.17) is 4.74 Å². The Morgan fingerprint density at radius 2 is 1.75 bits per heavy atom. The summed E-state index contributed by atoms with van der Waals surface area (Å²) < 4.78 is 5.27. The van der Waals surface area contributed by atoms with E-state index in [-0.39, 0.29) is 18.4 Å². The average molecular weight is 447 g/mol. The number of anilines is 1. The number of nitrogens with one attached hydrogen (secondary N) is 3. The van der Waals surface area contributed by atoms with Crippen molar-refractivity contribution in [3.63, 3.8) is 0 Å². The van der Waals surface area contributed by atoms with E-state index in [1.165, 1.54) is 0 Å². The zero-order valence-corrected chi connectivity index (χ0v) is 20.0. The first-order chi connectivity index (χ1) is 15.0. The molecule has 3 amide bonds. The molecule has 0 radical (unpaired) electrons. The maximum Gasteiger partial charge on any atom is 0.407 e. The fourth-order valence-corrected chi connectivity index (χ4v) is 3.47. The second-order valence-electron chi connectivity index (χ2n) is 9.80. The zero-order chi connectivity index (χ0) is 23.7. The largest absolute Gasteiger partial charge is 0.444 e. The van der Waals surface area contributed by atoms with Crippen molar-refractivity contribution < 1.29 is 19.1 Å². The van der Waals surface area contributed by atoms with Gasteiger partial charge in [0.1, 0.15) is 5.60 Å². The van der Waals surface area contributed by atoms with E-state index in [1.807, 2.05) is 34.6 Å². The minimum atomic E-state index is -0.505. The summed E-state index contributed by atoms with van der Waals surface area (Å²) in [7, 11) is 0. The van der Waals surface area contributed by atoms with E-state index < -0.39 is 11.7 Å². The topological polar surface area (TPSA) is 99.8 Å². The lowest BCUT2D eigenvalue weighted by molar-refractivity contribution is -0.117. The highest BCUT2D eigenvalue weighted by Crippen LogP contribution is 2.18. The number of nitrogens with zero attached hydrogens (tertiary/aromatic N) is 1. The predicted octanol–water partition coefficient (Wildman–Crippen LogP) is 3.25. The third-order valence-electron chi connectivity index (χ3n) is 5.12. The van der Waals surface area contributed by atoms with Gasteiger partial charge in [0, 0.05) is 13.1 Å². The molecule has 1 aliphatic heterocycles. The Labute approximate surface area is 191 Å². The highest BCUT2D eigenvalue weighted by Gasteiger charge is 2.23. The number of hydrogen-bond acceptors (Lipinski definition) is 5. The van der Waals surface area contributed by atoms with Crippen LogP contribution in [-0.4, -0.2) is 61.1 Å². The molecule has 8 heteroatoms. The second-order valence-corrected chi connectivity index (χ2v) is 9.80. The maximum absolute atomic E-state index is 12.6. The van der Waals surface area contributed by atoms with Crippen molar-refractivity contribution in [1.82, 2.24) is 15.5 Å². The monoisotopic (exact) mass is 446 g/mol. The molecule has 32 heavy (non-hydrogen) atoms. The van der Waals surface area contributed by atoms with Crippen molar-refractivity contribution in [2.75, 3.05) is 38.0 Å². The molecular weight excluding hydrogens is 408 g/mol. The van der Waals surface area contributed by atoms with Crippen LogP contribution in [0.25, 0.3) is 0 Å². The molecule has 1 aromatic rings. The van der Waals surface area contributed by atoms with E-state index in [1.54, 1.807) is 24.3 Å². The Hall–Kier alpha value is -2.61. The number of para-hydroxylation sites is 1. The van der Waals surface area contributed by atoms with Gasteiger partial charge in [-0.05, 0) is 70.7 Å². The molecule has 0 aromatic heterocycles. The van der Waals surface area contributed by atoms with Crippen molar-refractivity contribution in [2.24, 2.45) is 11.8 Å². The Morgan fingerprint density at radius 3 is 2.38 bits per heavy atom. The third kappa shape index (κ3) is 9.26. The SMILES string of the molecule is CC(C)CNC(=O)c1ccccc1NC(=O)CN1CCC(CNC(=O)OC(C)(C)C)CC1. The van der Waals surface area contributed by atoms with E-state index in [2.05, 4.69) is 20.9 Å². The van der Waals surface area contributed by atoms with Crippen LogP contribution >= 0.6 is 0 Å². The number of hydrogen-bond donors (Lipinski definition) is 3. The van der Waals surface area contributed by atoms with Crippen LogP contribution in [0.2, 0.25) is 0 Å². The molecule has 1 aromatic carbocycles. The van der Waals surface area contributed by atoms with Gasteiger partial charge in [-0.25, -0.2) is 4.79 Å². The summed E-state index contributed by atoms with van der Waals surface area (Å²) in [5.41, 5.74) is 0.484. The Bertz CT molecular complexity index is 780. The molecule has 0 bridgehead atoms. The van der Waals surface area contributed by atoms with Gasteiger partial charge in [-0.2, -0.15) is 0 Å². The quantitative estimate of drug-likeness (QED) is 0.569. The number of ether oxygens (including phenoxy) is 1. The summed E-state index contributed by atoms with van der Waals surface area (Å²) in [6.07, 6.45) is 1.41. The first-order valence-corrected chi connectivity index (χ1v) is 11.4. The molecule has 0 atom stereocenters. The fourth-order valence-electron chi connectivity index (χ4n) is 3.47. The number of amides is 3. The van der Waals surface area contributed by atoms with Crippen molar-refractivity contribution in [3.8, 4) is 0 Å². The number of likely N-dealkylation sites (tertiary alicyclic amines) is 1. The van der Waals surface area contributed by atoms with Crippen LogP contribution in [-0.2, 0) is 9.53 Å². The molecule has 8 nitrogen and oxygen atoms in total. The molecule has 0 saturated carbocycles. The van der Waals surface area contributed by atoms with Crippen molar-refractivity contribution >= 4 is 23.6 Å². The van der Waals surface area contributed by atoms with Gasteiger partial charge < -0.3 is 20.7 Å². The van der Waals surface area contributed by atoms with E-state index in [9.17, 15) is 14.4 Å². The molecule has 1 saturated heterocycles. The van der Waals surface area contributed by atoms with Crippen molar-refractivity contribution in [2.45, 2.75) is 53.1 Å². The number of carbonyl (C=O) groups excluding carboxylic acids is 3. The highest BCUT2D eigenvalue weighted by atomic mass is 16.6. The predicted molar refractivity (Wildman–Crippen MR) is 126 cm³/mol. The van der Waals surface area contributed by atoms with Gasteiger partial charge in [-0.3, -0.25) is 14.5 Å². The number of alkyl carbamates (subject to hydrolysis) is 1. The van der Waals surface area contributed by atoms with Crippen LogP contribution in [0, 0.1) is 11.8 Å². The van der Waals surface area contributed by atoms with Crippen LogP contribution in [0.5, 0.6) is 0 Å². The van der Waals surface area contributed by atoms with Crippen LogP contribution in [0.1, 0.15) is 57.8 Å². The van der Waals surface area contributed by atoms with E-state index >= 15 is 0 Å². The Balaban J connectivity index is 1.77. The van der Waals surface area contributed by atoms with Gasteiger partial charge in [0.15, 0.2) is 0 Å². The molecule has 2 rings (SSSR count). The summed E-state index contributed by atoms with van der Waals surface area (Å²) in [6, 6.07) is 7.05. The molecule has 178 valence electrons. The maximum atomic E-state index is 12.6. The minimum absolute atomic E-state index is 0.139. The summed E-state index contributed by atoms with van der Waals surface area (Å²) in [4.78, 5) is 39.0. The van der Waals surface area contributed by atoms with Gasteiger partial charge in [-0.1, -0.05) is 26.0 Å². The number of rotatable bonds is 8. The van der Waals surface area contributed by atoms with E-state index in [0.29, 0.717) is 36.2 Å². The van der Waals surface area contributed by atoms with E-state index in [0.717, 1.165) is 25.9 Å². The molecule has 1 heterocycles. The van der Waals surface area contributed by atoms with Crippen LogP contribution in [0.3, 0.4) is 0 Å². The molecule has 1 fully saturated rings. The van der Waals surface area contributed by atoms with Crippen LogP contribution in [0.15, 0.2) is 24.3 Å². The third-order valence-corrected chi connectivity index (χ3v) is 5.12. The smallest absolute Gasteiger partial charge is 0.407 e. The van der Waals surface area contributed by atoms with Gasteiger partial charge >= 0.3 is 6.09 Å². The standard InChI is InChI=1S/C24H38N4O4/c1-17(2)14-25-22(30)19-8-6-7-9-20(19)27-21(29)16-28-12-10-18(11-13-28)15-26-23(31)32-24(3,4)5/h6-9,17-18H,10-16H2,1-5H3,(H,25,30)(H,26,31)(H,27,29). The summed E-state index contributed by atoms with van der Waals surface area (Å²) in [5, 5.41) is 8.61.